The van der Waals surface area contributed by atoms with Crippen molar-refractivity contribution in [3.8, 4) is 0 Å². The van der Waals surface area contributed by atoms with Crippen LogP contribution in [0.1, 0.15) is 63.1 Å². The topological polar surface area (TPSA) is 15.3 Å². The van der Waals surface area contributed by atoms with E-state index in [9.17, 15) is 0 Å². The zero-order chi connectivity index (χ0) is 14.8. The van der Waals surface area contributed by atoms with Gasteiger partial charge in [-0.05, 0) is 61.9 Å². The van der Waals surface area contributed by atoms with Gasteiger partial charge in [0, 0.05) is 12.1 Å². The molecule has 1 fully saturated rings. The second-order valence-corrected chi connectivity index (χ2v) is 7.09. The molecule has 0 spiro atoms. The summed E-state index contributed by atoms with van der Waals surface area (Å²) in [4.78, 5) is 2.76. The van der Waals surface area contributed by atoms with Gasteiger partial charge in [-0.1, -0.05) is 45.0 Å². The summed E-state index contributed by atoms with van der Waals surface area (Å²) >= 11 is 0. The first kappa shape index (κ1) is 15.1. The van der Waals surface area contributed by atoms with Crippen molar-refractivity contribution in [2.24, 2.45) is 5.92 Å². The molecular weight excluding hydrogens is 256 g/mol. The van der Waals surface area contributed by atoms with E-state index in [1.165, 1.54) is 32.4 Å². The minimum Gasteiger partial charge on any atom is -0.309 e. The molecule has 1 saturated heterocycles. The first-order valence-electron chi connectivity index (χ1n) is 8.77. The van der Waals surface area contributed by atoms with E-state index < -0.39 is 0 Å². The van der Waals surface area contributed by atoms with Crippen LogP contribution in [0.4, 0.5) is 0 Å². The SMILES string of the molecule is CCNC1c2ccccc2C(C)CC1N1CCC(C)CC1. The van der Waals surface area contributed by atoms with E-state index >= 15 is 0 Å². The van der Waals surface area contributed by atoms with Crippen molar-refractivity contribution in [1.82, 2.24) is 10.2 Å². The summed E-state index contributed by atoms with van der Waals surface area (Å²) in [7, 11) is 0. The van der Waals surface area contributed by atoms with E-state index in [2.05, 4.69) is 55.3 Å². The number of nitrogens with one attached hydrogen (secondary N) is 1. The van der Waals surface area contributed by atoms with Gasteiger partial charge in [0.25, 0.3) is 0 Å². The molecule has 0 saturated carbocycles. The highest BCUT2D eigenvalue weighted by atomic mass is 15.2. The predicted octanol–water partition coefficient (Wildman–Crippen LogP) is 3.94. The number of hydrogen-bond donors (Lipinski definition) is 1. The van der Waals surface area contributed by atoms with Crippen molar-refractivity contribution in [1.29, 1.82) is 0 Å². The largest absolute Gasteiger partial charge is 0.309 e. The predicted molar refractivity (Wildman–Crippen MR) is 89.7 cm³/mol. The Hall–Kier alpha value is -0.860. The Morgan fingerprint density at radius 2 is 1.76 bits per heavy atom. The fraction of sp³-hybridized carbons (Fsp3) is 0.684. The molecule has 1 N–H and O–H groups in total. The van der Waals surface area contributed by atoms with Crippen molar-refractivity contribution in [3.05, 3.63) is 35.4 Å². The van der Waals surface area contributed by atoms with Crippen LogP contribution in [0.15, 0.2) is 24.3 Å². The molecule has 1 aliphatic heterocycles. The molecule has 2 aliphatic rings. The lowest BCUT2D eigenvalue weighted by Crippen LogP contribution is -2.50. The van der Waals surface area contributed by atoms with Crippen molar-refractivity contribution in [3.63, 3.8) is 0 Å². The smallest absolute Gasteiger partial charge is 0.0481 e. The molecule has 1 heterocycles. The number of rotatable bonds is 3. The van der Waals surface area contributed by atoms with E-state index in [0.29, 0.717) is 18.0 Å². The molecule has 2 heteroatoms. The third-order valence-electron chi connectivity index (χ3n) is 5.55. The van der Waals surface area contributed by atoms with Crippen LogP contribution in [-0.4, -0.2) is 30.6 Å². The van der Waals surface area contributed by atoms with Crippen LogP contribution in [0, 0.1) is 5.92 Å². The molecule has 0 bridgehead atoms. The Labute approximate surface area is 129 Å². The van der Waals surface area contributed by atoms with Gasteiger partial charge in [0.1, 0.15) is 0 Å². The van der Waals surface area contributed by atoms with Crippen LogP contribution >= 0.6 is 0 Å². The Bertz CT molecular complexity index is 462. The monoisotopic (exact) mass is 286 g/mol. The second kappa shape index (κ2) is 6.50. The standard InChI is InChI=1S/C19H30N2/c1-4-20-19-17-8-6-5-7-16(17)15(3)13-18(19)21-11-9-14(2)10-12-21/h5-8,14-15,18-20H,4,9-13H2,1-3H3. The lowest BCUT2D eigenvalue weighted by atomic mass is 9.76. The Morgan fingerprint density at radius 3 is 2.43 bits per heavy atom. The molecule has 2 nitrogen and oxygen atoms in total. The van der Waals surface area contributed by atoms with Crippen molar-refractivity contribution < 1.29 is 0 Å². The summed E-state index contributed by atoms with van der Waals surface area (Å²) in [5, 5.41) is 3.78. The summed E-state index contributed by atoms with van der Waals surface area (Å²) in [6.07, 6.45) is 4.03. The zero-order valence-electron chi connectivity index (χ0n) is 13.8. The van der Waals surface area contributed by atoms with Crippen molar-refractivity contribution in [2.75, 3.05) is 19.6 Å². The lowest BCUT2D eigenvalue weighted by Gasteiger charge is -2.45. The molecule has 0 aromatic heterocycles. The van der Waals surface area contributed by atoms with Crippen molar-refractivity contribution >= 4 is 0 Å². The van der Waals surface area contributed by atoms with Gasteiger partial charge in [0.05, 0.1) is 0 Å². The maximum Gasteiger partial charge on any atom is 0.0481 e. The van der Waals surface area contributed by atoms with E-state index in [0.717, 1.165) is 12.5 Å². The fourth-order valence-electron chi connectivity index (χ4n) is 4.26. The lowest BCUT2D eigenvalue weighted by molar-refractivity contribution is 0.0941. The van der Waals surface area contributed by atoms with Crippen LogP contribution < -0.4 is 5.32 Å². The Morgan fingerprint density at radius 1 is 1.10 bits per heavy atom. The van der Waals surface area contributed by atoms with Crippen LogP contribution in [0.2, 0.25) is 0 Å². The normalized spacial score (nSPS) is 31.1. The molecule has 116 valence electrons. The summed E-state index contributed by atoms with van der Waals surface area (Å²) in [6, 6.07) is 10.3. The van der Waals surface area contributed by atoms with Gasteiger partial charge in [0.2, 0.25) is 0 Å². The van der Waals surface area contributed by atoms with E-state index in [1.54, 1.807) is 11.1 Å². The summed E-state index contributed by atoms with van der Waals surface area (Å²) in [5.41, 5.74) is 3.10. The van der Waals surface area contributed by atoms with Gasteiger partial charge in [-0.3, -0.25) is 4.90 Å². The van der Waals surface area contributed by atoms with Gasteiger partial charge in [-0.15, -0.1) is 0 Å². The third kappa shape index (κ3) is 3.02. The summed E-state index contributed by atoms with van der Waals surface area (Å²) in [5.74, 6) is 1.59. The molecule has 1 aromatic carbocycles. The second-order valence-electron chi connectivity index (χ2n) is 7.09. The number of piperidine rings is 1. The molecule has 0 amide bonds. The maximum atomic E-state index is 3.78. The number of likely N-dealkylation sites (N-methyl/N-ethyl adjacent to an activating group) is 1. The van der Waals surface area contributed by atoms with Crippen LogP contribution in [-0.2, 0) is 0 Å². The van der Waals surface area contributed by atoms with Gasteiger partial charge in [0.15, 0.2) is 0 Å². The van der Waals surface area contributed by atoms with E-state index in [1.807, 2.05) is 0 Å². The van der Waals surface area contributed by atoms with Gasteiger partial charge in [-0.2, -0.15) is 0 Å². The molecule has 3 atom stereocenters. The quantitative estimate of drug-likeness (QED) is 0.905. The third-order valence-corrected chi connectivity index (χ3v) is 5.55. The molecule has 0 radical (unpaired) electrons. The van der Waals surface area contributed by atoms with Gasteiger partial charge in [-0.25, -0.2) is 0 Å². The minimum absolute atomic E-state index is 0.510. The van der Waals surface area contributed by atoms with E-state index in [4.69, 9.17) is 0 Å². The summed E-state index contributed by atoms with van der Waals surface area (Å²) in [6.45, 7) is 10.6. The van der Waals surface area contributed by atoms with Crippen LogP contribution in [0.3, 0.4) is 0 Å². The highest BCUT2D eigenvalue weighted by molar-refractivity contribution is 5.36. The molecule has 21 heavy (non-hydrogen) atoms. The van der Waals surface area contributed by atoms with Crippen molar-refractivity contribution in [2.45, 2.75) is 58.0 Å². The molecule has 3 unspecified atom stereocenters. The highest BCUT2D eigenvalue weighted by Gasteiger charge is 2.36. The minimum atomic E-state index is 0.510. The molecule has 3 rings (SSSR count). The molecule has 1 aliphatic carbocycles. The highest BCUT2D eigenvalue weighted by Crippen LogP contribution is 2.40. The summed E-state index contributed by atoms with van der Waals surface area (Å²) < 4.78 is 0. The fourth-order valence-corrected chi connectivity index (χ4v) is 4.26. The Balaban J connectivity index is 1.86. The molecule has 1 aromatic rings. The zero-order valence-corrected chi connectivity index (χ0v) is 13.8. The average molecular weight is 286 g/mol. The van der Waals surface area contributed by atoms with Gasteiger partial charge >= 0.3 is 0 Å². The number of benzene rings is 1. The Kier molecular flexibility index (Phi) is 4.66. The number of hydrogen-bond acceptors (Lipinski definition) is 2. The first-order chi connectivity index (χ1) is 10.2. The number of nitrogens with zero attached hydrogens (tertiary/aromatic N) is 1. The van der Waals surface area contributed by atoms with Crippen LogP contribution in [0.25, 0.3) is 0 Å². The maximum absolute atomic E-state index is 3.78. The molecular formula is C19H30N2. The van der Waals surface area contributed by atoms with Crippen LogP contribution in [0.5, 0.6) is 0 Å². The van der Waals surface area contributed by atoms with Gasteiger partial charge < -0.3 is 5.32 Å². The van der Waals surface area contributed by atoms with E-state index in [-0.39, 0.29) is 0 Å². The average Bonchev–Trinajstić information content (AvgIpc) is 2.51. The number of likely N-dealkylation sites (tertiary alicyclic amines) is 1. The number of fused-ring (bicyclic) bond motifs is 1. The first-order valence-corrected chi connectivity index (χ1v) is 8.77.